The van der Waals surface area contributed by atoms with E-state index in [1.807, 2.05) is 0 Å². The summed E-state index contributed by atoms with van der Waals surface area (Å²) >= 11 is 0. The van der Waals surface area contributed by atoms with Gasteiger partial charge in [-0.25, -0.2) is 0 Å². The molecular weight excluding hydrogens is 773 g/mol. The Kier molecular flexibility index (Phi) is 8.04. The van der Waals surface area contributed by atoms with Gasteiger partial charge in [0, 0.05) is 50.6 Å². The number of hydrogen-bond acceptors (Lipinski definition) is 3. The molecule has 3 nitrogen and oxygen atoms in total. The molecule has 1 saturated carbocycles. The minimum Gasteiger partial charge on any atom is -0.335 e. The van der Waals surface area contributed by atoms with Crippen LogP contribution in [0.2, 0.25) is 0 Å². The van der Waals surface area contributed by atoms with Crippen LogP contribution in [0.15, 0.2) is 109 Å². The van der Waals surface area contributed by atoms with Crippen molar-refractivity contribution < 1.29 is 0 Å². The van der Waals surface area contributed by atoms with Crippen LogP contribution in [0.1, 0.15) is 146 Å². The average Bonchev–Trinajstić information content (AvgIpc) is 3.60. The normalized spacial score (nSPS) is 25.9. The van der Waals surface area contributed by atoms with E-state index >= 15 is 0 Å². The van der Waals surface area contributed by atoms with Crippen molar-refractivity contribution in [3.63, 3.8) is 0 Å². The summed E-state index contributed by atoms with van der Waals surface area (Å²) in [7, 11) is 0. The predicted molar refractivity (Wildman–Crippen MR) is 274 cm³/mol. The number of rotatable bonds is 2. The Morgan fingerprint density at radius 1 is 0.516 bits per heavy atom. The maximum absolute atomic E-state index is 2.94. The Morgan fingerprint density at radius 3 is 1.94 bits per heavy atom. The number of hydrogen-bond donors (Lipinski definition) is 0. The van der Waals surface area contributed by atoms with Gasteiger partial charge in [0.25, 0.3) is 6.71 Å². The van der Waals surface area contributed by atoms with E-state index in [4.69, 9.17) is 0 Å². The van der Waals surface area contributed by atoms with E-state index in [9.17, 15) is 0 Å². The highest BCUT2D eigenvalue weighted by atomic mass is 15.3. The molecule has 0 N–H and O–H groups in total. The van der Waals surface area contributed by atoms with Gasteiger partial charge in [0.05, 0.1) is 11.1 Å². The van der Waals surface area contributed by atoms with Crippen LogP contribution in [0.5, 0.6) is 0 Å². The molecule has 4 atom stereocenters. The molecule has 6 aromatic carbocycles. The standard InChI is InChI=1S/C60H66BN3/c1-37-19-23-42(24-20-37)62-50-25-21-38(2)31-47(50)61-48-34-41(56(6,7)8)33-46-54(48)64(59(11)29-16-15-28-57(46,59)9)52-36-43(35-51(62)53(52)61)63-49-26-22-40(55(3,4)5)32-45(49)58(10)30-27-39-17-13-14-18-44(39)60(58,63)12/h13-14,17-26,31-36H,15-16,27-30H2,1-12H3. The third kappa shape index (κ3) is 4.96. The number of fused-ring (bicyclic) bond motifs is 12. The molecule has 1 fully saturated rings. The van der Waals surface area contributed by atoms with Crippen molar-refractivity contribution >= 4 is 62.9 Å². The van der Waals surface area contributed by atoms with Crippen LogP contribution in [0.4, 0.5) is 39.8 Å². The van der Waals surface area contributed by atoms with Gasteiger partial charge in [-0.2, -0.15) is 0 Å². The molecule has 0 bridgehead atoms. The van der Waals surface area contributed by atoms with Gasteiger partial charge in [-0.3, -0.25) is 0 Å². The van der Waals surface area contributed by atoms with Crippen molar-refractivity contribution in [2.75, 3.05) is 14.7 Å². The van der Waals surface area contributed by atoms with E-state index in [0.717, 1.165) is 12.8 Å². The predicted octanol–water partition coefficient (Wildman–Crippen LogP) is 13.5. The minimum absolute atomic E-state index is 0.00944. The summed E-state index contributed by atoms with van der Waals surface area (Å²) in [4.78, 5) is 8.40. The average molecular weight is 840 g/mol. The Labute approximate surface area is 384 Å². The molecule has 4 aliphatic heterocycles. The molecule has 0 amide bonds. The third-order valence-corrected chi connectivity index (χ3v) is 18.2. The van der Waals surface area contributed by atoms with E-state index in [2.05, 4.69) is 207 Å². The molecule has 4 unspecified atom stereocenters. The fourth-order valence-corrected chi connectivity index (χ4v) is 14.2. The highest BCUT2D eigenvalue weighted by molar-refractivity contribution is 7.00. The molecule has 12 rings (SSSR count). The Hall–Kier alpha value is -5.22. The first-order valence-corrected chi connectivity index (χ1v) is 24.5. The van der Waals surface area contributed by atoms with Gasteiger partial charge >= 0.3 is 0 Å². The van der Waals surface area contributed by atoms with Crippen molar-refractivity contribution in [2.45, 2.75) is 154 Å². The van der Waals surface area contributed by atoms with Gasteiger partial charge in [-0.05, 0) is 150 Å². The molecule has 4 heterocycles. The van der Waals surface area contributed by atoms with Gasteiger partial charge in [-0.1, -0.05) is 152 Å². The summed E-state index contributed by atoms with van der Waals surface area (Å²) in [5, 5.41) is 0. The van der Waals surface area contributed by atoms with Crippen molar-refractivity contribution in [1.29, 1.82) is 0 Å². The maximum Gasteiger partial charge on any atom is 0.252 e. The summed E-state index contributed by atoms with van der Waals surface area (Å²) in [5.74, 6) is 0. The van der Waals surface area contributed by atoms with Crippen molar-refractivity contribution in [2.24, 2.45) is 0 Å². The lowest BCUT2D eigenvalue weighted by atomic mass is 9.33. The zero-order valence-electron chi connectivity index (χ0n) is 40.6. The zero-order chi connectivity index (χ0) is 44.7. The molecule has 324 valence electrons. The Morgan fingerprint density at radius 2 is 1.19 bits per heavy atom. The molecular formula is C60H66BN3. The quantitative estimate of drug-likeness (QED) is 0.161. The highest BCUT2D eigenvalue weighted by Crippen LogP contribution is 2.66. The van der Waals surface area contributed by atoms with Crippen LogP contribution in [0.25, 0.3) is 0 Å². The summed E-state index contributed by atoms with van der Waals surface area (Å²) < 4.78 is 0. The van der Waals surface area contributed by atoms with Gasteiger partial charge in [0.2, 0.25) is 0 Å². The number of aryl methyl sites for hydroxylation is 3. The van der Waals surface area contributed by atoms with Crippen LogP contribution >= 0.6 is 0 Å². The van der Waals surface area contributed by atoms with Gasteiger partial charge in [-0.15, -0.1) is 0 Å². The molecule has 64 heavy (non-hydrogen) atoms. The summed E-state index contributed by atoms with van der Waals surface area (Å²) in [6.45, 7) is 29.4. The largest absolute Gasteiger partial charge is 0.335 e. The van der Waals surface area contributed by atoms with Gasteiger partial charge in [0.1, 0.15) is 0 Å². The van der Waals surface area contributed by atoms with Crippen molar-refractivity contribution in [1.82, 2.24) is 0 Å². The number of benzene rings is 6. The summed E-state index contributed by atoms with van der Waals surface area (Å²) in [5.41, 5.74) is 24.8. The van der Waals surface area contributed by atoms with Crippen molar-refractivity contribution in [3.8, 4) is 0 Å². The molecule has 0 radical (unpaired) electrons. The topological polar surface area (TPSA) is 9.72 Å². The first-order valence-electron chi connectivity index (χ1n) is 24.5. The van der Waals surface area contributed by atoms with E-state index in [1.165, 1.54) is 121 Å². The molecule has 4 heteroatoms. The lowest BCUT2D eigenvalue weighted by Gasteiger charge is -2.54. The van der Waals surface area contributed by atoms with Crippen molar-refractivity contribution in [3.05, 3.63) is 154 Å². The Balaban J connectivity index is 1.23. The lowest BCUT2D eigenvalue weighted by Crippen LogP contribution is -2.64. The number of nitrogens with zero attached hydrogens (tertiary/aromatic N) is 3. The molecule has 6 aromatic rings. The molecule has 0 spiro atoms. The van der Waals surface area contributed by atoms with Gasteiger partial charge in [0.15, 0.2) is 0 Å². The summed E-state index contributed by atoms with van der Waals surface area (Å²) in [6, 6.07) is 44.1. The molecule has 0 saturated heterocycles. The first kappa shape index (κ1) is 40.3. The van der Waals surface area contributed by atoms with Crippen LogP contribution < -0.4 is 31.1 Å². The van der Waals surface area contributed by atoms with Crippen LogP contribution in [0, 0.1) is 13.8 Å². The van der Waals surface area contributed by atoms with E-state index < -0.39 is 0 Å². The lowest BCUT2D eigenvalue weighted by molar-refractivity contribution is 0.195. The van der Waals surface area contributed by atoms with Crippen LogP contribution in [-0.4, -0.2) is 12.3 Å². The number of anilines is 7. The second kappa shape index (κ2) is 12.8. The first-order chi connectivity index (χ1) is 30.3. The van der Waals surface area contributed by atoms with E-state index in [0.29, 0.717) is 0 Å². The fraction of sp³-hybridized carbons (Fsp3) is 0.400. The fourth-order valence-electron chi connectivity index (χ4n) is 14.2. The molecule has 6 aliphatic rings. The van der Waals surface area contributed by atoms with E-state index in [1.54, 1.807) is 5.56 Å². The Bertz CT molecular complexity index is 2980. The van der Waals surface area contributed by atoms with Crippen LogP contribution in [0.3, 0.4) is 0 Å². The monoisotopic (exact) mass is 840 g/mol. The van der Waals surface area contributed by atoms with Gasteiger partial charge < -0.3 is 14.7 Å². The minimum atomic E-state index is -0.326. The summed E-state index contributed by atoms with van der Waals surface area (Å²) in [6.07, 6.45) is 7.11. The van der Waals surface area contributed by atoms with E-state index in [-0.39, 0.29) is 39.5 Å². The molecule has 2 aliphatic carbocycles. The maximum atomic E-state index is 2.94. The van der Waals surface area contributed by atoms with Crippen LogP contribution in [-0.2, 0) is 33.6 Å². The SMILES string of the molecule is Cc1ccc(N2c3ccc(C)cc3B3c4cc(C(C)(C)C)cc5c4N(c4cc(N6c7ccc(C(C)(C)C)cc7C7(C)CCc8ccccc8C67C)cc2c43)C2(C)CCCCC52C)cc1. The smallest absolute Gasteiger partial charge is 0.252 e. The molecule has 0 aromatic heterocycles. The third-order valence-electron chi connectivity index (χ3n) is 18.2. The highest BCUT2D eigenvalue weighted by Gasteiger charge is 2.63. The second-order valence-electron chi connectivity index (χ2n) is 23.8. The second-order valence-corrected chi connectivity index (χ2v) is 23.8. The zero-order valence-corrected chi connectivity index (χ0v) is 40.6.